The van der Waals surface area contributed by atoms with Crippen LogP contribution in [0, 0.1) is 5.92 Å². The number of halogens is 2. The highest BCUT2D eigenvalue weighted by Crippen LogP contribution is 2.24. The molecular weight excluding hydrogens is 479 g/mol. The van der Waals surface area contributed by atoms with E-state index in [0.29, 0.717) is 0 Å². The molecular formula is C28H34Cl2N4O. The number of likely N-dealkylation sites (tertiary alicyclic amines) is 1. The molecule has 5 rings (SSSR count). The summed E-state index contributed by atoms with van der Waals surface area (Å²) in [6.07, 6.45) is 3.75. The number of hydrogen-bond donors (Lipinski definition) is 1. The first-order chi connectivity index (χ1) is 15.8. The predicted octanol–water partition coefficient (Wildman–Crippen LogP) is 6.03. The molecule has 0 atom stereocenters. The first-order valence-electron chi connectivity index (χ1n) is 11.7. The van der Waals surface area contributed by atoms with E-state index in [1.54, 1.807) is 0 Å². The average Bonchev–Trinajstić information content (AvgIpc) is 2.86. The minimum Gasteiger partial charge on any atom is -0.412 e. The summed E-state index contributed by atoms with van der Waals surface area (Å²) in [5, 5.41) is 14.8. The maximum absolute atomic E-state index is 4.45. The van der Waals surface area contributed by atoms with Gasteiger partial charge in [-0.25, -0.2) is 0 Å². The van der Waals surface area contributed by atoms with E-state index < -0.39 is 0 Å². The predicted molar refractivity (Wildman–Crippen MR) is 151 cm³/mol. The Balaban J connectivity index is 0.00000144. The molecule has 0 unspecified atom stereocenters. The van der Waals surface area contributed by atoms with Gasteiger partial charge in [0.05, 0.1) is 5.69 Å². The molecule has 5 nitrogen and oxygen atoms in total. The van der Waals surface area contributed by atoms with Crippen LogP contribution in [0.5, 0.6) is 0 Å². The van der Waals surface area contributed by atoms with Gasteiger partial charge in [-0.15, -0.1) is 35.0 Å². The maximum atomic E-state index is 4.45. The number of benzene rings is 3. The number of aromatic nitrogens is 2. The second-order valence-corrected chi connectivity index (χ2v) is 8.79. The van der Waals surface area contributed by atoms with Crippen molar-refractivity contribution in [2.75, 3.05) is 25.0 Å². The van der Waals surface area contributed by atoms with Crippen LogP contribution in [0.1, 0.15) is 24.8 Å². The van der Waals surface area contributed by atoms with E-state index >= 15 is 0 Å². The van der Waals surface area contributed by atoms with Crippen LogP contribution in [0.3, 0.4) is 0 Å². The third-order valence-corrected chi connectivity index (χ3v) is 6.52. The number of nitrogens with zero attached hydrogens (tertiary/aromatic N) is 3. The molecule has 1 aliphatic rings. The summed E-state index contributed by atoms with van der Waals surface area (Å²) in [5.74, 6) is 1.65. The van der Waals surface area contributed by atoms with Crippen molar-refractivity contribution in [1.82, 2.24) is 15.1 Å². The van der Waals surface area contributed by atoms with Gasteiger partial charge < -0.3 is 10.8 Å². The van der Waals surface area contributed by atoms with Crippen molar-refractivity contribution in [2.45, 2.75) is 25.8 Å². The van der Waals surface area contributed by atoms with E-state index in [9.17, 15) is 0 Å². The third kappa shape index (κ3) is 7.64. The number of fused-ring (bicyclic) bond motifs is 1. The summed E-state index contributed by atoms with van der Waals surface area (Å²) in [4.78, 5) is 2.58. The smallest absolute Gasteiger partial charge is 0.148 e. The van der Waals surface area contributed by atoms with Crippen molar-refractivity contribution in [2.24, 2.45) is 5.92 Å². The van der Waals surface area contributed by atoms with Crippen LogP contribution >= 0.6 is 24.8 Å². The SMILES string of the molecule is Cl.Cl.O.c1ccc(CN2CCC(CCNc3ccc(-c4ccc5ccccc5c4)nn3)CC2)cc1. The van der Waals surface area contributed by atoms with E-state index in [-0.39, 0.29) is 30.3 Å². The molecule has 35 heavy (non-hydrogen) atoms. The van der Waals surface area contributed by atoms with Crippen molar-refractivity contribution < 1.29 is 5.48 Å². The molecule has 0 aliphatic carbocycles. The highest BCUT2D eigenvalue weighted by molar-refractivity contribution is 5.86. The highest BCUT2D eigenvalue weighted by Gasteiger charge is 2.19. The molecule has 1 aromatic heterocycles. The van der Waals surface area contributed by atoms with Gasteiger partial charge in [0.1, 0.15) is 5.82 Å². The van der Waals surface area contributed by atoms with Gasteiger partial charge in [0.25, 0.3) is 0 Å². The van der Waals surface area contributed by atoms with E-state index in [4.69, 9.17) is 0 Å². The molecule has 0 spiro atoms. The molecule has 1 saturated heterocycles. The monoisotopic (exact) mass is 512 g/mol. The zero-order valence-corrected chi connectivity index (χ0v) is 21.4. The first kappa shape index (κ1) is 28.5. The summed E-state index contributed by atoms with van der Waals surface area (Å²) < 4.78 is 0. The van der Waals surface area contributed by atoms with Crippen molar-refractivity contribution in [3.05, 3.63) is 90.5 Å². The quantitative estimate of drug-likeness (QED) is 0.328. The molecule has 3 N–H and O–H groups in total. The fourth-order valence-corrected chi connectivity index (χ4v) is 4.61. The Labute approximate surface area is 220 Å². The lowest BCUT2D eigenvalue weighted by Crippen LogP contribution is -2.33. The van der Waals surface area contributed by atoms with Gasteiger partial charge in [0.2, 0.25) is 0 Å². The Morgan fingerprint density at radius 1 is 0.771 bits per heavy atom. The van der Waals surface area contributed by atoms with Crippen LogP contribution in [0.4, 0.5) is 5.82 Å². The average molecular weight is 514 g/mol. The molecule has 186 valence electrons. The molecule has 1 fully saturated rings. The van der Waals surface area contributed by atoms with Gasteiger partial charge in [0.15, 0.2) is 0 Å². The van der Waals surface area contributed by atoms with Gasteiger partial charge in [-0.3, -0.25) is 4.90 Å². The van der Waals surface area contributed by atoms with Crippen molar-refractivity contribution in [3.8, 4) is 11.3 Å². The lowest BCUT2D eigenvalue weighted by molar-refractivity contribution is 0.174. The molecule has 2 heterocycles. The number of nitrogens with one attached hydrogen (secondary N) is 1. The van der Waals surface area contributed by atoms with E-state index in [0.717, 1.165) is 36.1 Å². The zero-order chi connectivity index (χ0) is 21.6. The Morgan fingerprint density at radius 2 is 1.49 bits per heavy atom. The molecule has 0 radical (unpaired) electrons. The lowest BCUT2D eigenvalue weighted by atomic mass is 9.93. The Bertz CT molecular complexity index is 1150. The van der Waals surface area contributed by atoms with Crippen LogP contribution in [0.2, 0.25) is 0 Å². The second-order valence-electron chi connectivity index (χ2n) is 8.79. The minimum atomic E-state index is 0. The summed E-state index contributed by atoms with van der Waals surface area (Å²) in [7, 11) is 0. The molecule has 0 amide bonds. The lowest BCUT2D eigenvalue weighted by Gasteiger charge is -2.32. The fraction of sp³-hybridized carbons (Fsp3) is 0.286. The summed E-state index contributed by atoms with van der Waals surface area (Å²) in [6, 6.07) is 29.7. The molecule has 4 aromatic rings. The van der Waals surface area contributed by atoms with E-state index in [1.807, 2.05) is 6.07 Å². The molecule has 0 bridgehead atoms. The number of piperidine rings is 1. The standard InChI is InChI=1S/C28H30N4.2ClH.H2O/c1-2-6-23(7-3-1)21-32-18-15-22(16-19-32)14-17-29-28-13-12-27(30-31-28)26-11-10-24-8-4-5-9-25(24)20-26;;;/h1-13,20,22H,14-19,21H2,(H,29,31);2*1H;1H2. The van der Waals surface area contributed by atoms with Crippen LogP contribution in [0.15, 0.2) is 84.9 Å². The number of rotatable bonds is 7. The van der Waals surface area contributed by atoms with Crippen molar-refractivity contribution in [3.63, 3.8) is 0 Å². The summed E-state index contributed by atoms with van der Waals surface area (Å²) in [6.45, 7) is 4.41. The molecule has 7 heteroatoms. The third-order valence-electron chi connectivity index (χ3n) is 6.52. The van der Waals surface area contributed by atoms with Crippen LogP contribution in [-0.4, -0.2) is 40.2 Å². The topological polar surface area (TPSA) is 72.6 Å². The minimum absolute atomic E-state index is 0. The Hall–Kier alpha value is -2.70. The molecule has 0 saturated carbocycles. The van der Waals surface area contributed by atoms with Crippen LogP contribution < -0.4 is 5.32 Å². The van der Waals surface area contributed by atoms with Crippen molar-refractivity contribution >= 4 is 41.4 Å². The van der Waals surface area contributed by atoms with E-state index in [2.05, 4.69) is 99.3 Å². The van der Waals surface area contributed by atoms with Crippen molar-refractivity contribution in [1.29, 1.82) is 0 Å². The number of anilines is 1. The normalized spacial score (nSPS) is 13.8. The number of hydrogen-bond acceptors (Lipinski definition) is 4. The highest BCUT2D eigenvalue weighted by atomic mass is 35.5. The Kier molecular flexibility index (Phi) is 11.4. The van der Waals surface area contributed by atoms with Gasteiger partial charge in [-0.2, -0.15) is 0 Å². The van der Waals surface area contributed by atoms with Gasteiger partial charge >= 0.3 is 0 Å². The molecule has 3 aromatic carbocycles. The Morgan fingerprint density at radius 3 is 2.20 bits per heavy atom. The van der Waals surface area contributed by atoms with Crippen LogP contribution in [-0.2, 0) is 6.54 Å². The zero-order valence-electron chi connectivity index (χ0n) is 19.8. The summed E-state index contributed by atoms with van der Waals surface area (Å²) in [5.41, 5.74) is 3.43. The van der Waals surface area contributed by atoms with E-state index in [1.165, 1.54) is 48.7 Å². The fourth-order valence-electron chi connectivity index (χ4n) is 4.61. The van der Waals surface area contributed by atoms with Gasteiger partial charge in [-0.1, -0.05) is 66.7 Å². The van der Waals surface area contributed by atoms with Gasteiger partial charge in [0, 0.05) is 18.7 Å². The first-order valence-corrected chi connectivity index (χ1v) is 11.7. The largest absolute Gasteiger partial charge is 0.412 e. The molecule has 1 aliphatic heterocycles. The second kappa shape index (κ2) is 14.0. The maximum Gasteiger partial charge on any atom is 0.148 e. The summed E-state index contributed by atoms with van der Waals surface area (Å²) >= 11 is 0. The van der Waals surface area contributed by atoms with Crippen LogP contribution in [0.25, 0.3) is 22.0 Å². The van der Waals surface area contributed by atoms with Gasteiger partial charge in [-0.05, 0) is 72.8 Å².